The average Bonchev–Trinajstić information content (AvgIpc) is 2.87. The molecule has 0 bridgehead atoms. The van der Waals surface area contributed by atoms with Gasteiger partial charge in [0, 0.05) is 19.6 Å². The van der Waals surface area contributed by atoms with E-state index in [1.165, 1.54) is 31.2 Å². The number of hydrogen-bond donors (Lipinski definition) is 1. The van der Waals surface area contributed by atoms with Crippen molar-refractivity contribution in [3.8, 4) is 0 Å². The molecule has 1 aliphatic heterocycles. The lowest BCUT2D eigenvalue weighted by atomic mass is 10.1. The summed E-state index contributed by atoms with van der Waals surface area (Å²) >= 11 is 0. The van der Waals surface area contributed by atoms with Gasteiger partial charge in [0.25, 0.3) is 0 Å². The highest BCUT2D eigenvalue weighted by Crippen LogP contribution is 2.14. The van der Waals surface area contributed by atoms with Crippen molar-refractivity contribution in [3.63, 3.8) is 0 Å². The molecule has 1 fully saturated rings. The minimum absolute atomic E-state index is 0.0320. The number of carbonyl (C=O) groups excluding carboxylic acids is 1. The zero-order valence-corrected chi connectivity index (χ0v) is 14.4. The molecule has 1 aliphatic rings. The van der Waals surface area contributed by atoms with Gasteiger partial charge in [-0.05, 0) is 44.8 Å². The van der Waals surface area contributed by atoms with Crippen LogP contribution in [0.1, 0.15) is 38.2 Å². The van der Waals surface area contributed by atoms with Crippen LogP contribution in [0.4, 0.5) is 0 Å². The van der Waals surface area contributed by atoms with Crippen molar-refractivity contribution in [2.24, 2.45) is 5.73 Å². The fourth-order valence-electron chi connectivity index (χ4n) is 3.30. The highest BCUT2D eigenvalue weighted by atomic mass is 16.2. The summed E-state index contributed by atoms with van der Waals surface area (Å²) in [5.41, 5.74) is 7.00. The number of amides is 1. The molecule has 1 unspecified atom stereocenters. The zero-order chi connectivity index (χ0) is 16.5. The third kappa shape index (κ3) is 5.63. The molecule has 1 aromatic carbocycles. The van der Waals surface area contributed by atoms with Crippen molar-refractivity contribution in [3.05, 3.63) is 35.9 Å². The molecule has 2 rings (SSSR count). The van der Waals surface area contributed by atoms with Gasteiger partial charge in [-0.1, -0.05) is 43.2 Å². The average molecular weight is 317 g/mol. The quantitative estimate of drug-likeness (QED) is 0.839. The van der Waals surface area contributed by atoms with Crippen molar-refractivity contribution in [2.75, 3.05) is 32.7 Å². The van der Waals surface area contributed by atoms with Crippen LogP contribution in [0.15, 0.2) is 30.3 Å². The van der Waals surface area contributed by atoms with Crippen molar-refractivity contribution in [1.29, 1.82) is 0 Å². The minimum atomic E-state index is -0.0320. The Morgan fingerprint density at radius 2 is 1.78 bits per heavy atom. The number of rotatable bonds is 7. The van der Waals surface area contributed by atoms with E-state index in [9.17, 15) is 4.79 Å². The van der Waals surface area contributed by atoms with Gasteiger partial charge in [0.15, 0.2) is 0 Å². The topological polar surface area (TPSA) is 49.6 Å². The highest BCUT2D eigenvalue weighted by Gasteiger charge is 2.25. The molecular weight excluding hydrogens is 286 g/mol. The molecule has 0 saturated carbocycles. The Kier molecular flexibility index (Phi) is 7.56. The maximum absolute atomic E-state index is 12.9. The van der Waals surface area contributed by atoms with Crippen LogP contribution in [-0.2, 0) is 11.2 Å². The van der Waals surface area contributed by atoms with E-state index in [2.05, 4.69) is 24.0 Å². The lowest BCUT2D eigenvalue weighted by Gasteiger charge is -2.32. The second-order valence-corrected chi connectivity index (χ2v) is 6.48. The van der Waals surface area contributed by atoms with Crippen molar-refractivity contribution < 1.29 is 4.79 Å². The SMILES string of the molecule is CC(C(=O)N(CCN)CCc1ccccc1)N1CCCCCC1. The van der Waals surface area contributed by atoms with E-state index in [4.69, 9.17) is 5.73 Å². The molecule has 0 aromatic heterocycles. The van der Waals surface area contributed by atoms with E-state index in [1.807, 2.05) is 23.1 Å². The van der Waals surface area contributed by atoms with Crippen LogP contribution in [0.5, 0.6) is 0 Å². The number of benzene rings is 1. The molecule has 1 amide bonds. The third-order valence-electron chi connectivity index (χ3n) is 4.77. The van der Waals surface area contributed by atoms with E-state index in [1.54, 1.807) is 0 Å². The van der Waals surface area contributed by atoms with Crippen molar-refractivity contribution in [1.82, 2.24) is 9.80 Å². The molecule has 128 valence electrons. The summed E-state index contributed by atoms with van der Waals surface area (Å²) in [5.74, 6) is 0.230. The number of nitrogens with two attached hydrogens (primary N) is 1. The van der Waals surface area contributed by atoms with E-state index in [-0.39, 0.29) is 11.9 Å². The maximum atomic E-state index is 12.9. The van der Waals surface area contributed by atoms with Gasteiger partial charge in [-0.25, -0.2) is 0 Å². The van der Waals surface area contributed by atoms with Gasteiger partial charge in [0.2, 0.25) is 5.91 Å². The first-order chi connectivity index (χ1) is 11.2. The zero-order valence-electron chi connectivity index (χ0n) is 14.4. The van der Waals surface area contributed by atoms with Crippen LogP contribution in [0.2, 0.25) is 0 Å². The van der Waals surface area contributed by atoms with Crippen LogP contribution < -0.4 is 5.73 Å². The first kappa shape index (κ1) is 18.0. The Morgan fingerprint density at radius 1 is 1.13 bits per heavy atom. The smallest absolute Gasteiger partial charge is 0.239 e. The summed E-state index contributed by atoms with van der Waals surface area (Å²) in [4.78, 5) is 17.2. The van der Waals surface area contributed by atoms with Crippen LogP contribution in [-0.4, -0.2) is 54.5 Å². The molecule has 0 radical (unpaired) electrons. The Balaban J connectivity index is 1.93. The minimum Gasteiger partial charge on any atom is -0.340 e. The molecule has 23 heavy (non-hydrogen) atoms. The highest BCUT2D eigenvalue weighted by molar-refractivity contribution is 5.81. The molecule has 1 heterocycles. The molecule has 1 saturated heterocycles. The fourth-order valence-corrected chi connectivity index (χ4v) is 3.30. The fraction of sp³-hybridized carbons (Fsp3) is 0.632. The molecule has 1 aromatic rings. The Morgan fingerprint density at radius 3 is 2.39 bits per heavy atom. The first-order valence-electron chi connectivity index (χ1n) is 8.99. The number of likely N-dealkylation sites (tertiary alicyclic amines) is 1. The molecule has 1 atom stereocenters. The molecule has 4 heteroatoms. The monoisotopic (exact) mass is 317 g/mol. The number of hydrogen-bond acceptors (Lipinski definition) is 3. The normalized spacial score (nSPS) is 17.5. The van der Waals surface area contributed by atoms with Gasteiger partial charge in [-0.15, -0.1) is 0 Å². The molecule has 0 spiro atoms. The second kappa shape index (κ2) is 9.68. The largest absolute Gasteiger partial charge is 0.340 e. The molecule has 2 N–H and O–H groups in total. The van der Waals surface area contributed by atoms with E-state index in [0.29, 0.717) is 13.1 Å². The maximum Gasteiger partial charge on any atom is 0.239 e. The summed E-state index contributed by atoms with van der Waals surface area (Å²) in [6.45, 7) is 6.05. The number of nitrogens with zero attached hydrogens (tertiary/aromatic N) is 2. The van der Waals surface area contributed by atoms with Gasteiger partial charge < -0.3 is 10.6 Å². The van der Waals surface area contributed by atoms with E-state index in [0.717, 1.165) is 26.1 Å². The van der Waals surface area contributed by atoms with Gasteiger partial charge in [0.1, 0.15) is 0 Å². The first-order valence-corrected chi connectivity index (χ1v) is 8.99. The summed E-state index contributed by atoms with van der Waals surface area (Å²) in [6, 6.07) is 10.3. The Labute approximate surface area is 140 Å². The van der Waals surface area contributed by atoms with E-state index >= 15 is 0 Å². The predicted molar refractivity (Wildman–Crippen MR) is 95.3 cm³/mol. The second-order valence-electron chi connectivity index (χ2n) is 6.48. The number of carbonyl (C=O) groups is 1. The van der Waals surface area contributed by atoms with Crippen LogP contribution in [0, 0.1) is 0 Å². The molecular formula is C19H31N3O. The predicted octanol–water partition coefficient (Wildman–Crippen LogP) is 2.28. The van der Waals surface area contributed by atoms with Crippen molar-refractivity contribution in [2.45, 2.75) is 45.1 Å². The summed E-state index contributed by atoms with van der Waals surface area (Å²) in [7, 11) is 0. The molecule has 4 nitrogen and oxygen atoms in total. The summed E-state index contributed by atoms with van der Waals surface area (Å²) in [5, 5.41) is 0. The Bertz CT molecular complexity index is 455. The Hall–Kier alpha value is -1.39. The van der Waals surface area contributed by atoms with Gasteiger partial charge in [0.05, 0.1) is 6.04 Å². The van der Waals surface area contributed by atoms with Gasteiger partial charge >= 0.3 is 0 Å². The molecule has 0 aliphatic carbocycles. The van der Waals surface area contributed by atoms with Crippen molar-refractivity contribution >= 4 is 5.91 Å². The van der Waals surface area contributed by atoms with Crippen LogP contribution in [0.25, 0.3) is 0 Å². The lowest BCUT2D eigenvalue weighted by molar-refractivity contribution is -0.136. The standard InChI is InChI=1S/C19H31N3O/c1-17(21-13-7-2-3-8-14-21)19(23)22(16-12-20)15-11-18-9-5-4-6-10-18/h4-6,9-10,17H,2-3,7-8,11-16,20H2,1H3. The summed E-state index contributed by atoms with van der Waals surface area (Å²) in [6.07, 6.45) is 5.88. The van der Waals surface area contributed by atoms with Gasteiger partial charge in [-0.2, -0.15) is 0 Å². The third-order valence-corrected chi connectivity index (χ3v) is 4.77. The summed E-state index contributed by atoms with van der Waals surface area (Å²) < 4.78 is 0. The van der Waals surface area contributed by atoms with Crippen LogP contribution in [0.3, 0.4) is 0 Å². The van der Waals surface area contributed by atoms with E-state index < -0.39 is 0 Å². The van der Waals surface area contributed by atoms with Crippen LogP contribution >= 0.6 is 0 Å². The lowest BCUT2D eigenvalue weighted by Crippen LogP contribution is -2.49. The van der Waals surface area contributed by atoms with Gasteiger partial charge in [-0.3, -0.25) is 9.69 Å².